The number of hydrogen-bond donors (Lipinski definition) is 2. The van der Waals surface area contributed by atoms with Crippen LogP contribution in [0.5, 0.6) is 0 Å². The molecule has 0 spiro atoms. The zero-order chi connectivity index (χ0) is 12.9. The van der Waals surface area contributed by atoms with Gasteiger partial charge in [0, 0.05) is 20.2 Å². The zero-order valence-electron chi connectivity index (χ0n) is 10.8. The highest BCUT2D eigenvalue weighted by Gasteiger charge is 2.31. The highest BCUT2D eigenvalue weighted by atomic mass is 16.5. The summed E-state index contributed by atoms with van der Waals surface area (Å²) in [4.78, 5) is 13.3. The molecule has 0 saturated carbocycles. The van der Waals surface area contributed by atoms with Gasteiger partial charge in [0.25, 0.3) is 0 Å². The Balaban J connectivity index is 2.26. The molecule has 0 aromatic heterocycles. The first-order chi connectivity index (χ1) is 8.01. The molecule has 0 amide bonds. The maximum atomic E-state index is 11.0. The first kappa shape index (κ1) is 14.4. The maximum Gasteiger partial charge on any atom is 0.323 e. The standard InChI is InChI=1S/C12H24N2O3/c1-3-12(13,11(15)16)6-4-7-14-8-5-10(9-14)17-2/h10H,3-9,13H2,1-2H3,(H,15,16). The number of aliphatic carboxylic acids is 1. The number of methoxy groups -OCH3 is 1. The largest absolute Gasteiger partial charge is 0.480 e. The molecule has 1 rings (SSSR count). The average Bonchev–Trinajstić information content (AvgIpc) is 2.76. The SMILES string of the molecule is CCC(N)(CCCN1CCC(OC)C1)C(=O)O. The molecule has 0 aromatic carbocycles. The topological polar surface area (TPSA) is 75.8 Å². The fourth-order valence-electron chi connectivity index (χ4n) is 2.25. The minimum absolute atomic E-state index is 0.336. The molecule has 3 N–H and O–H groups in total. The predicted molar refractivity (Wildman–Crippen MR) is 65.9 cm³/mol. The van der Waals surface area contributed by atoms with Gasteiger partial charge in [-0.25, -0.2) is 0 Å². The van der Waals surface area contributed by atoms with Crippen molar-refractivity contribution in [2.45, 2.75) is 44.2 Å². The van der Waals surface area contributed by atoms with Gasteiger partial charge in [-0.2, -0.15) is 0 Å². The highest BCUT2D eigenvalue weighted by molar-refractivity contribution is 5.78. The van der Waals surface area contributed by atoms with Crippen LogP contribution >= 0.6 is 0 Å². The quantitative estimate of drug-likeness (QED) is 0.688. The number of rotatable bonds is 7. The summed E-state index contributed by atoms with van der Waals surface area (Å²) in [5.41, 5.74) is 4.78. The first-order valence-corrected chi connectivity index (χ1v) is 6.29. The van der Waals surface area contributed by atoms with E-state index in [9.17, 15) is 4.79 Å². The lowest BCUT2D eigenvalue weighted by Gasteiger charge is -2.24. The summed E-state index contributed by atoms with van der Waals surface area (Å²) in [7, 11) is 1.74. The van der Waals surface area contributed by atoms with E-state index in [-0.39, 0.29) is 0 Å². The Morgan fingerprint density at radius 2 is 2.35 bits per heavy atom. The fourth-order valence-corrected chi connectivity index (χ4v) is 2.25. The molecule has 2 atom stereocenters. The molecule has 0 aromatic rings. The van der Waals surface area contributed by atoms with Gasteiger partial charge in [0.2, 0.25) is 0 Å². The summed E-state index contributed by atoms with van der Waals surface area (Å²) in [6.45, 7) is 4.72. The van der Waals surface area contributed by atoms with Crippen molar-refractivity contribution < 1.29 is 14.6 Å². The van der Waals surface area contributed by atoms with Crippen LogP contribution in [0.2, 0.25) is 0 Å². The third-order valence-corrected chi connectivity index (χ3v) is 3.72. The highest BCUT2D eigenvalue weighted by Crippen LogP contribution is 2.17. The molecule has 1 saturated heterocycles. The van der Waals surface area contributed by atoms with E-state index in [0.717, 1.165) is 32.5 Å². The molecule has 0 aliphatic carbocycles. The monoisotopic (exact) mass is 244 g/mol. The van der Waals surface area contributed by atoms with Crippen molar-refractivity contribution in [3.05, 3.63) is 0 Å². The van der Waals surface area contributed by atoms with Crippen LogP contribution in [-0.4, -0.2) is 54.4 Å². The van der Waals surface area contributed by atoms with Crippen LogP contribution in [0, 0.1) is 0 Å². The fraction of sp³-hybridized carbons (Fsp3) is 0.917. The molecular formula is C12H24N2O3. The Hall–Kier alpha value is -0.650. The van der Waals surface area contributed by atoms with Gasteiger partial charge in [0.1, 0.15) is 5.54 Å². The Bertz CT molecular complexity index is 260. The second kappa shape index (κ2) is 6.33. The molecule has 0 bridgehead atoms. The van der Waals surface area contributed by atoms with Crippen LogP contribution in [0.4, 0.5) is 0 Å². The van der Waals surface area contributed by atoms with Gasteiger partial charge in [-0.1, -0.05) is 6.92 Å². The average molecular weight is 244 g/mol. The normalized spacial score (nSPS) is 24.8. The molecule has 100 valence electrons. The van der Waals surface area contributed by atoms with Gasteiger partial charge in [0.05, 0.1) is 6.10 Å². The lowest BCUT2D eigenvalue weighted by molar-refractivity contribution is -0.143. The van der Waals surface area contributed by atoms with E-state index < -0.39 is 11.5 Å². The predicted octanol–water partition coefficient (Wildman–Crippen LogP) is 0.679. The van der Waals surface area contributed by atoms with E-state index in [1.54, 1.807) is 7.11 Å². The lowest BCUT2D eigenvalue weighted by Crippen LogP contribution is -2.47. The number of likely N-dealkylation sites (tertiary alicyclic amines) is 1. The van der Waals surface area contributed by atoms with Gasteiger partial charge in [-0.05, 0) is 32.2 Å². The Kier molecular flexibility index (Phi) is 5.36. The van der Waals surface area contributed by atoms with Crippen LogP contribution in [-0.2, 0) is 9.53 Å². The molecule has 0 radical (unpaired) electrons. The van der Waals surface area contributed by atoms with Crippen molar-refractivity contribution >= 4 is 5.97 Å². The smallest absolute Gasteiger partial charge is 0.323 e. The number of hydrogen-bond acceptors (Lipinski definition) is 4. The van der Waals surface area contributed by atoms with Gasteiger partial charge in [-0.15, -0.1) is 0 Å². The van der Waals surface area contributed by atoms with E-state index in [1.807, 2.05) is 6.92 Å². The molecule has 5 heteroatoms. The first-order valence-electron chi connectivity index (χ1n) is 6.29. The molecule has 1 aliphatic heterocycles. The number of nitrogens with zero attached hydrogens (tertiary/aromatic N) is 1. The van der Waals surface area contributed by atoms with Gasteiger partial charge in [-0.3, -0.25) is 4.79 Å². The van der Waals surface area contributed by atoms with E-state index in [2.05, 4.69) is 4.90 Å². The third-order valence-electron chi connectivity index (χ3n) is 3.72. The summed E-state index contributed by atoms with van der Waals surface area (Å²) in [5, 5.41) is 9.05. The molecule has 1 fully saturated rings. The molecular weight excluding hydrogens is 220 g/mol. The summed E-state index contributed by atoms with van der Waals surface area (Å²) < 4.78 is 5.29. The third kappa shape index (κ3) is 3.94. The Morgan fingerprint density at radius 1 is 1.65 bits per heavy atom. The zero-order valence-corrected chi connectivity index (χ0v) is 10.8. The molecule has 2 unspecified atom stereocenters. The minimum Gasteiger partial charge on any atom is -0.480 e. The Labute approximate surface area is 103 Å². The van der Waals surface area contributed by atoms with Crippen LogP contribution in [0.3, 0.4) is 0 Å². The summed E-state index contributed by atoms with van der Waals surface area (Å²) in [5.74, 6) is -0.892. The van der Waals surface area contributed by atoms with Crippen molar-refractivity contribution in [1.29, 1.82) is 0 Å². The van der Waals surface area contributed by atoms with E-state index in [4.69, 9.17) is 15.6 Å². The molecule has 5 nitrogen and oxygen atoms in total. The summed E-state index contributed by atoms with van der Waals surface area (Å²) in [6, 6.07) is 0. The number of ether oxygens (including phenoxy) is 1. The van der Waals surface area contributed by atoms with E-state index in [0.29, 0.717) is 18.9 Å². The van der Waals surface area contributed by atoms with Crippen molar-refractivity contribution in [1.82, 2.24) is 4.90 Å². The molecule has 17 heavy (non-hydrogen) atoms. The van der Waals surface area contributed by atoms with Crippen molar-refractivity contribution in [3.63, 3.8) is 0 Å². The number of carbonyl (C=O) groups is 1. The van der Waals surface area contributed by atoms with E-state index >= 15 is 0 Å². The maximum absolute atomic E-state index is 11.0. The lowest BCUT2D eigenvalue weighted by atomic mass is 9.92. The van der Waals surface area contributed by atoms with Crippen molar-refractivity contribution in [2.24, 2.45) is 5.73 Å². The van der Waals surface area contributed by atoms with Crippen LogP contribution in [0.1, 0.15) is 32.6 Å². The second-order valence-corrected chi connectivity index (χ2v) is 4.87. The Morgan fingerprint density at radius 3 is 2.82 bits per heavy atom. The molecule has 1 heterocycles. The number of nitrogens with two attached hydrogens (primary N) is 1. The van der Waals surface area contributed by atoms with Crippen LogP contribution in [0.25, 0.3) is 0 Å². The van der Waals surface area contributed by atoms with Crippen molar-refractivity contribution in [2.75, 3.05) is 26.7 Å². The van der Waals surface area contributed by atoms with Gasteiger partial charge < -0.3 is 20.5 Å². The number of carboxylic acid groups (broad SMARTS) is 1. The summed E-state index contributed by atoms with van der Waals surface area (Å²) in [6.07, 6.45) is 3.24. The van der Waals surface area contributed by atoms with Gasteiger partial charge >= 0.3 is 5.97 Å². The minimum atomic E-state index is -1.06. The van der Waals surface area contributed by atoms with Gasteiger partial charge in [0.15, 0.2) is 0 Å². The molecule has 1 aliphatic rings. The second-order valence-electron chi connectivity index (χ2n) is 4.87. The summed E-state index contributed by atoms with van der Waals surface area (Å²) >= 11 is 0. The van der Waals surface area contributed by atoms with E-state index in [1.165, 1.54) is 0 Å². The number of carboxylic acids is 1. The van der Waals surface area contributed by atoms with Crippen LogP contribution in [0.15, 0.2) is 0 Å². The van der Waals surface area contributed by atoms with Crippen molar-refractivity contribution in [3.8, 4) is 0 Å². The van der Waals surface area contributed by atoms with Crippen LogP contribution < -0.4 is 5.73 Å².